The summed E-state index contributed by atoms with van der Waals surface area (Å²) in [5.41, 5.74) is 0.858. The molecule has 1 aliphatic heterocycles. The van der Waals surface area contributed by atoms with E-state index in [9.17, 15) is 18.0 Å². The zero-order valence-corrected chi connectivity index (χ0v) is 15.4. The Morgan fingerprint density at radius 2 is 1.84 bits per heavy atom. The lowest BCUT2D eigenvalue weighted by molar-refractivity contribution is -0.132. The van der Waals surface area contributed by atoms with Gasteiger partial charge >= 0.3 is 0 Å². The van der Waals surface area contributed by atoms with Crippen LogP contribution in [-0.4, -0.2) is 44.0 Å². The van der Waals surface area contributed by atoms with Crippen LogP contribution in [0, 0.1) is 5.92 Å². The first-order chi connectivity index (χ1) is 11.7. The zero-order valence-electron chi connectivity index (χ0n) is 14.6. The Kier molecular flexibility index (Phi) is 6.41. The Morgan fingerprint density at radius 1 is 1.20 bits per heavy atom. The van der Waals surface area contributed by atoms with Gasteiger partial charge in [-0.05, 0) is 37.0 Å². The highest BCUT2D eigenvalue weighted by Crippen LogP contribution is 2.18. The summed E-state index contributed by atoms with van der Waals surface area (Å²) in [6.07, 6.45) is 1.90. The van der Waals surface area contributed by atoms with Crippen LogP contribution in [0.25, 0.3) is 0 Å². The van der Waals surface area contributed by atoms with Crippen molar-refractivity contribution in [1.82, 2.24) is 4.90 Å². The molecule has 2 N–H and O–H groups in total. The summed E-state index contributed by atoms with van der Waals surface area (Å²) in [4.78, 5) is 25.0. The van der Waals surface area contributed by atoms with E-state index in [-0.39, 0.29) is 24.0 Å². The van der Waals surface area contributed by atoms with Crippen molar-refractivity contribution < 1.29 is 18.0 Å². The monoisotopic (exact) mass is 367 g/mol. The number of nitrogens with zero attached hydrogens (tertiary/aromatic N) is 1. The SMILES string of the molecule is CC(=O)Nc1cccc(NS(=O)(=O)CCC(=O)N2CCC(C)CC2)c1. The smallest absolute Gasteiger partial charge is 0.233 e. The summed E-state index contributed by atoms with van der Waals surface area (Å²) in [6.45, 7) is 4.94. The first kappa shape index (κ1) is 19.2. The Balaban J connectivity index is 1.89. The highest BCUT2D eigenvalue weighted by Gasteiger charge is 2.22. The third kappa shape index (κ3) is 6.38. The number of likely N-dealkylation sites (tertiary alicyclic amines) is 1. The summed E-state index contributed by atoms with van der Waals surface area (Å²) in [5, 5.41) is 2.59. The number of hydrogen-bond acceptors (Lipinski definition) is 4. The molecule has 0 unspecified atom stereocenters. The average Bonchev–Trinajstić information content (AvgIpc) is 2.52. The number of anilines is 2. The van der Waals surface area contributed by atoms with Gasteiger partial charge in [-0.1, -0.05) is 13.0 Å². The largest absolute Gasteiger partial charge is 0.343 e. The van der Waals surface area contributed by atoms with Gasteiger partial charge in [-0.15, -0.1) is 0 Å². The number of amides is 2. The molecule has 25 heavy (non-hydrogen) atoms. The molecule has 0 spiro atoms. The maximum Gasteiger partial charge on any atom is 0.233 e. The van der Waals surface area contributed by atoms with Crippen LogP contribution in [-0.2, 0) is 19.6 Å². The van der Waals surface area contributed by atoms with Crippen molar-refractivity contribution in [3.63, 3.8) is 0 Å². The number of sulfonamides is 1. The van der Waals surface area contributed by atoms with E-state index in [4.69, 9.17) is 0 Å². The fraction of sp³-hybridized carbons (Fsp3) is 0.529. The van der Waals surface area contributed by atoms with Gasteiger partial charge in [0.1, 0.15) is 0 Å². The number of hydrogen-bond donors (Lipinski definition) is 2. The van der Waals surface area contributed by atoms with Crippen LogP contribution < -0.4 is 10.0 Å². The Morgan fingerprint density at radius 3 is 2.48 bits per heavy atom. The second kappa shape index (κ2) is 8.33. The van der Waals surface area contributed by atoms with E-state index in [1.807, 2.05) is 0 Å². The standard InChI is InChI=1S/C17H25N3O4S/c1-13-6-9-20(10-7-13)17(22)8-11-25(23,24)19-16-5-3-4-15(12-16)18-14(2)21/h3-5,12-13,19H,6-11H2,1-2H3,(H,18,21). The van der Waals surface area contributed by atoms with E-state index in [0.717, 1.165) is 12.8 Å². The molecule has 1 aromatic rings. The molecule has 0 aromatic heterocycles. The van der Waals surface area contributed by atoms with Crippen molar-refractivity contribution in [1.29, 1.82) is 0 Å². The van der Waals surface area contributed by atoms with Crippen molar-refractivity contribution in [2.24, 2.45) is 5.92 Å². The first-order valence-electron chi connectivity index (χ1n) is 8.41. The minimum Gasteiger partial charge on any atom is -0.343 e. The molecule has 1 heterocycles. The molecule has 0 saturated carbocycles. The predicted molar refractivity (Wildman–Crippen MR) is 97.8 cm³/mol. The maximum absolute atomic E-state index is 12.2. The lowest BCUT2D eigenvalue weighted by Crippen LogP contribution is -2.38. The number of rotatable bonds is 6. The summed E-state index contributed by atoms with van der Waals surface area (Å²) < 4.78 is 26.9. The van der Waals surface area contributed by atoms with E-state index in [1.54, 1.807) is 23.1 Å². The maximum atomic E-state index is 12.2. The molecule has 1 aliphatic rings. The van der Waals surface area contributed by atoms with Gasteiger partial charge in [-0.25, -0.2) is 8.42 Å². The third-order valence-corrected chi connectivity index (χ3v) is 5.47. The van der Waals surface area contributed by atoms with Gasteiger partial charge in [0.25, 0.3) is 0 Å². The number of carbonyl (C=O) groups excluding carboxylic acids is 2. The fourth-order valence-electron chi connectivity index (χ4n) is 2.73. The van der Waals surface area contributed by atoms with Crippen LogP contribution in [0.15, 0.2) is 24.3 Å². The number of piperidine rings is 1. The molecule has 2 amide bonds. The zero-order chi connectivity index (χ0) is 18.4. The normalized spacial score (nSPS) is 15.7. The molecule has 7 nitrogen and oxygen atoms in total. The van der Waals surface area contributed by atoms with Crippen molar-refractivity contribution in [3.8, 4) is 0 Å². The van der Waals surface area contributed by atoms with Gasteiger partial charge in [-0.2, -0.15) is 0 Å². The summed E-state index contributed by atoms with van der Waals surface area (Å²) in [7, 11) is -3.63. The molecule has 0 bridgehead atoms. The van der Waals surface area contributed by atoms with E-state index in [0.29, 0.717) is 30.4 Å². The molecule has 1 saturated heterocycles. The minimum absolute atomic E-state index is 0.0326. The number of nitrogens with one attached hydrogen (secondary N) is 2. The Bertz CT molecular complexity index is 725. The van der Waals surface area contributed by atoms with Crippen LogP contribution in [0.4, 0.5) is 11.4 Å². The predicted octanol–water partition coefficient (Wildman–Crippen LogP) is 2.04. The fourth-order valence-corrected chi connectivity index (χ4v) is 3.76. The molecular formula is C17H25N3O4S. The molecule has 0 aliphatic carbocycles. The average molecular weight is 367 g/mol. The summed E-state index contributed by atoms with van der Waals surface area (Å²) in [6, 6.07) is 6.44. The minimum atomic E-state index is -3.63. The highest BCUT2D eigenvalue weighted by molar-refractivity contribution is 7.92. The van der Waals surface area contributed by atoms with Crippen molar-refractivity contribution >= 4 is 33.2 Å². The molecule has 138 valence electrons. The van der Waals surface area contributed by atoms with Gasteiger partial charge in [0.2, 0.25) is 21.8 Å². The number of benzene rings is 1. The topological polar surface area (TPSA) is 95.6 Å². The highest BCUT2D eigenvalue weighted by atomic mass is 32.2. The van der Waals surface area contributed by atoms with Crippen LogP contribution in [0.1, 0.15) is 33.1 Å². The van der Waals surface area contributed by atoms with Crippen molar-refractivity contribution in [2.45, 2.75) is 33.1 Å². The van der Waals surface area contributed by atoms with E-state index in [1.165, 1.54) is 13.0 Å². The van der Waals surface area contributed by atoms with Crippen LogP contribution in [0.5, 0.6) is 0 Å². The molecule has 8 heteroatoms. The van der Waals surface area contributed by atoms with Gasteiger partial charge in [0.05, 0.1) is 11.4 Å². The number of carbonyl (C=O) groups is 2. The van der Waals surface area contributed by atoms with Crippen LogP contribution in [0.2, 0.25) is 0 Å². The van der Waals surface area contributed by atoms with E-state index in [2.05, 4.69) is 17.0 Å². The summed E-state index contributed by atoms with van der Waals surface area (Å²) in [5.74, 6) is -0.00141. The molecule has 0 atom stereocenters. The van der Waals surface area contributed by atoms with Gasteiger partial charge in [0.15, 0.2) is 0 Å². The molecular weight excluding hydrogens is 342 g/mol. The van der Waals surface area contributed by atoms with Crippen molar-refractivity contribution in [3.05, 3.63) is 24.3 Å². The third-order valence-electron chi connectivity index (χ3n) is 4.18. The Hall–Kier alpha value is -2.09. The quantitative estimate of drug-likeness (QED) is 0.804. The molecule has 1 fully saturated rings. The second-order valence-corrected chi connectivity index (χ2v) is 8.34. The first-order valence-corrected chi connectivity index (χ1v) is 10.1. The summed E-state index contributed by atoms with van der Waals surface area (Å²) >= 11 is 0. The lowest BCUT2D eigenvalue weighted by atomic mass is 9.99. The van der Waals surface area contributed by atoms with E-state index >= 15 is 0 Å². The second-order valence-electron chi connectivity index (χ2n) is 6.50. The van der Waals surface area contributed by atoms with Crippen molar-refractivity contribution in [2.75, 3.05) is 28.9 Å². The van der Waals surface area contributed by atoms with Gasteiger partial charge in [-0.3, -0.25) is 14.3 Å². The molecule has 0 radical (unpaired) electrons. The molecule has 2 rings (SSSR count). The molecule has 1 aromatic carbocycles. The lowest BCUT2D eigenvalue weighted by Gasteiger charge is -2.30. The van der Waals surface area contributed by atoms with Crippen LogP contribution in [0.3, 0.4) is 0 Å². The van der Waals surface area contributed by atoms with Gasteiger partial charge in [0, 0.05) is 32.1 Å². The van der Waals surface area contributed by atoms with Crippen LogP contribution >= 0.6 is 0 Å². The Labute approximate surface area is 148 Å². The van der Waals surface area contributed by atoms with Gasteiger partial charge < -0.3 is 10.2 Å². The van der Waals surface area contributed by atoms with E-state index < -0.39 is 10.0 Å².